The van der Waals surface area contributed by atoms with Gasteiger partial charge in [0, 0.05) is 18.4 Å². The van der Waals surface area contributed by atoms with Crippen LogP contribution in [-0.2, 0) is 22.3 Å². The number of nitrogens with two attached hydrogens (primary N) is 1. The van der Waals surface area contributed by atoms with Crippen LogP contribution in [0.2, 0.25) is 0 Å². The number of rotatable bonds is 9. The molecule has 0 unspecified atom stereocenters. The Balaban J connectivity index is 1.58. The highest BCUT2D eigenvalue weighted by molar-refractivity contribution is 5.76. The van der Waals surface area contributed by atoms with Crippen molar-refractivity contribution in [1.82, 2.24) is 14.9 Å². The number of carbonyl (C=O) groups is 1. The SMILES string of the molecule is CC(C)c1ccc(C[C@@H](N)[C@@H]2OC(C)(C)O[C@H]2[C@@H](Cc2ccc(C(C)C)cc2)NC(=O)n2ccnc2)cc1. The minimum atomic E-state index is -0.825. The van der Waals surface area contributed by atoms with E-state index in [0.717, 1.165) is 11.1 Å². The summed E-state index contributed by atoms with van der Waals surface area (Å²) in [5.74, 6) is 0.0996. The lowest BCUT2D eigenvalue weighted by Gasteiger charge is -2.30. The second kappa shape index (κ2) is 11.8. The van der Waals surface area contributed by atoms with Gasteiger partial charge < -0.3 is 20.5 Å². The number of ether oxygens (including phenoxy) is 2. The molecule has 204 valence electrons. The van der Waals surface area contributed by atoms with Crippen LogP contribution in [0.5, 0.6) is 0 Å². The number of aromatic nitrogens is 2. The largest absolute Gasteiger partial charge is 0.343 e. The molecule has 0 radical (unpaired) electrons. The van der Waals surface area contributed by atoms with Crippen LogP contribution >= 0.6 is 0 Å². The van der Waals surface area contributed by atoms with Gasteiger partial charge in [-0.15, -0.1) is 0 Å². The van der Waals surface area contributed by atoms with Crippen molar-refractivity contribution in [3.05, 3.63) is 89.5 Å². The second-order valence-electron chi connectivity index (χ2n) is 11.5. The van der Waals surface area contributed by atoms with E-state index in [-0.39, 0.29) is 18.1 Å². The lowest BCUT2D eigenvalue weighted by molar-refractivity contribution is -0.149. The van der Waals surface area contributed by atoms with Gasteiger partial charge in [0.2, 0.25) is 0 Å². The van der Waals surface area contributed by atoms with Crippen molar-refractivity contribution >= 4 is 6.03 Å². The van der Waals surface area contributed by atoms with Crippen LogP contribution in [0.15, 0.2) is 67.3 Å². The molecule has 1 aliphatic heterocycles. The fourth-order valence-electron chi connectivity index (χ4n) is 5.04. The van der Waals surface area contributed by atoms with Crippen molar-refractivity contribution in [1.29, 1.82) is 0 Å². The summed E-state index contributed by atoms with van der Waals surface area (Å²) in [4.78, 5) is 17.1. The molecule has 3 N–H and O–H groups in total. The van der Waals surface area contributed by atoms with Crippen molar-refractivity contribution in [2.45, 2.75) is 96.3 Å². The predicted octanol–water partition coefficient (Wildman–Crippen LogP) is 5.39. The van der Waals surface area contributed by atoms with Crippen LogP contribution in [-0.4, -0.2) is 45.7 Å². The number of carbonyl (C=O) groups excluding carboxylic acids is 1. The standard InChI is InChI=1S/C31H42N4O3/c1-20(2)24-11-7-22(8-12-24)17-26(32)28-29(38-31(5,6)37-28)27(34-30(36)35-16-15-33-19-35)18-23-9-13-25(14-10-23)21(3)4/h7-16,19-21,26-29H,17-18,32H2,1-6H3,(H,34,36)/t26-,27-,28+,29+/m1/s1. The maximum absolute atomic E-state index is 13.1. The number of nitrogens with zero attached hydrogens (tertiary/aromatic N) is 2. The van der Waals surface area contributed by atoms with Crippen molar-refractivity contribution in [3.8, 4) is 0 Å². The van der Waals surface area contributed by atoms with Gasteiger partial charge in [-0.25, -0.2) is 9.78 Å². The quantitative estimate of drug-likeness (QED) is 0.396. The molecule has 7 heteroatoms. The molecule has 38 heavy (non-hydrogen) atoms. The summed E-state index contributed by atoms with van der Waals surface area (Å²) in [5, 5.41) is 3.18. The molecule has 0 aliphatic carbocycles. The van der Waals surface area contributed by atoms with Crippen LogP contribution in [0.3, 0.4) is 0 Å². The summed E-state index contributed by atoms with van der Waals surface area (Å²) in [6, 6.07) is 16.2. The second-order valence-corrected chi connectivity index (χ2v) is 11.5. The highest BCUT2D eigenvalue weighted by Crippen LogP contribution is 2.33. The Bertz CT molecular complexity index is 1170. The summed E-state index contributed by atoms with van der Waals surface area (Å²) < 4.78 is 14.3. The lowest BCUT2D eigenvalue weighted by atomic mass is 9.90. The van der Waals surface area contributed by atoms with Gasteiger partial charge in [-0.05, 0) is 60.8 Å². The van der Waals surface area contributed by atoms with E-state index >= 15 is 0 Å². The van der Waals surface area contributed by atoms with Crippen molar-refractivity contribution in [3.63, 3.8) is 0 Å². The Morgan fingerprint density at radius 1 is 0.921 bits per heavy atom. The van der Waals surface area contributed by atoms with Crippen molar-refractivity contribution < 1.29 is 14.3 Å². The molecule has 0 bridgehead atoms. The van der Waals surface area contributed by atoms with Crippen LogP contribution in [0.4, 0.5) is 4.79 Å². The third-order valence-corrected chi connectivity index (χ3v) is 7.25. The van der Waals surface area contributed by atoms with Gasteiger partial charge in [0.05, 0.1) is 6.04 Å². The van der Waals surface area contributed by atoms with Crippen molar-refractivity contribution in [2.24, 2.45) is 5.73 Å². The van der Waals surface area contributed by atoms with E-state index in [1.54, 1.807) is 12.4 Å². The molecule has 0 spiro atoms. The minimum absolute atomic E-state index is 0.267. The molecule has 1 saturated heterocycles. The highest BCUT2D eigenvalue weighted by atomic mass is 16.8. The van der Waals surface area contributed by atoms with Crippen LogP contribution < -0.4 is 11.1 Å². The van der Waals surface area contributed by atoms with E-state index in [0.29, 0.717) is 24.7 Å². The zero-order valence-corrected chi connectivity index (χ0v) is 23.4. The number of hydrogen-bond donors (Lipinski definition) is 2. The summed E-state index contributed by atoms with van der Waals surface area (Å²) in [5.41, 5.74) is 11.6. The summed E-state index contributed by atoms with van der Waals surface area (Å²) >= 11 is 0. The van der Waals surface area contributed by atoms with Crippen LogP contribution in [0, 0.1) is 0 Å². The Kier molecular flexibility index (Phi) is 8.71. The van der Waals surface area contributed by atoms with Gasteiger partial charge in [-0.1, -0.05) is 76.2 Å². The van der Waals surface area contributed by atoms with Gasteiger partial charge >= 0.3 is 6.03 Å². The Labute approximate surface area is 226 Å². The van der Waals surface area contributed by atoms with Crippen LogP contribution in [0.1, 0.15) is 75.6 Å². The zero-order chi connectivity index (χ0) is 27.4. The molecule has 2 heterocycles. The third kappa shape index (κ3) is 6.90. The normalized spacial score (nSPS) is 20.6. The van der Waals surface area contributed by atoms with Gasteiger partial charge in [0.15, 0.2) is 5.79 Å². The van der Waals surface area contributed by atoms with E-state index in [9.17, 15) is 4.79 Å². The molecule has 3 aromatic rings. The average molecular weight is 519 g/mol. The van der Waals surface area contributed by atoms with Gasteiger partial charge in [-0.2, -0.15) is 0 Å². The van der Waals surface area contributed by atoms with E-state index in [1.165, 1.54) is 22.0 Å². The van der Waals surface area contributed by atoms with E-state index in [2.05, 4.69) is 86.5 Å². The predicted molar refractivity (Wildman–Crippen MR) is 150 cm³/mol. The first-order chi connectivity index (χ1) is 18.0. The topological polar surface area (TPSA) is 91.4 Å². The zero-order valence-electron chi connectivity index (χ0n) is 23.4. The first kappa shape index (κ1) is 28.0. The number of amides is 1. The first-order valence-corrected chi connectivity index (χ1v) is 13.6. The molecule has 2 aromatic carbocycles. The number of imidazole rings is 1. The third-order valence-electron chi connectivity index (χ3n) is 7.25. The highest BCUT2D eigenvalue weighted by Gasteiger charge is 2.48. The molecule has 1 aromatic heterocycles. The molecular formula is C31H42N4O3. The summed E-state index contributed by atoms with van der Waals surface area (Å²) in [6.07, 6.45) is 5.08. The average Bonchev–Trinajstić information content (AvgIpc) is 3.52. The molecule has 1 aliphatic rings. The number of hydrogen-bond acceptors (Lipinski definition) is 5. The molecule has 1 fully saturated rings. The Hall–Kier alpha value is -3.00. The Morgan fingerprint density at radius 3 is 1.95 bits per heavy atom. The molecule has 1 amide bonds. The molecular weight excluding hydrogens is 476 g/mol. The maximum Gasteiger partial charge on any atom is 0.327 e. The van der Waals surface area contributed by atoms with E-state index in [1.807, 2.05) is 13.8 Å². The summed E-state index contributed by atoms with van der Waals surface area (Å²) in [6.45, 7) is 12.5. The van der Waals surface area contributed by atoms with Crippen LogP contribution in [0.25, 0.3) is 0 Å². The fraction of sp³-hybridized carbons (Fsp3) is 0.484. The number of nitrogens with one attached hydrogen (secondary N) is 1. The van der Waals surface area contributed by atoms with Gasteiger partial charge in [0.1, 0.15) is 18.5 Å². The van der Waals surface area contributed by atoms with Crippen molar-refractivity contribution in [2.75, 3.05) is 0 Å². The van der Waals surface area contributed by atoms with E-state index < -0.39 is 18.0 Å². The summed E-state index contributed by atoms with van der Waals surface area (Å²) in [7, 11) is 0. The maximum atomic E-state index is 13.1. The molecule has 0 saturated carbocycles. The first-order valence-electron chi connectivity index (χ1n) is 13.6. The minimum Gasteiger partial charge on any atom is -0.343 e. The Morgan fingerprint density at radius 2 is 1.45 bits per heavy atom. The monoisotopic (exact) mass is 518 g/mol. The molecule has 7 nitrogen and oxygen atoms in total. The lowest BCUT2D eigenvalue weighted by Crippen LogP contribution is -2.54. The van der Waals surface area contributed by atoms with E-state index in [4.69, 9.17) is 15.2 Å². The molecule has 4 rings (SSSR count). The molecule has 4 atom stereocenters. The fourth-order valence-corrected chi connectivity index (χ4v) is 5.04. The smallest absolute Gasteiger partial charge is 0.327 e. The number of benzene rings is 2. The van der Waals surface area contributed by atoms with Gasteiger partial charge in [-0.3, -0.25) is 4.57 Å². The van der Waals surface area contributed by atoms with Gasteiger partial charge in [0.25, 0.3) is 0 Å².